The molecule has 30 heavy (non-hydrogen) atoms. The molecule has 162 valence electrons. The highest BCUT2D eigenvalue weighted by atomic mass is 16.6. The van der Waals surface area contributed by atoms with Gasteiger partial charge >= 0.3 is 5.97 Å². The van der Waals surface area contributed by atoms with E-state index in [1.165, 1.54) is 6.26 Å². The number of esters is 1. The van der Waals surface area contributed by atoms with Crippen molar-refractivity contribution in [2.45, 2.75) is 64.2 Å². The minimum atomic E-state index is -0.522. The maximum Gasteiger partial charge on any atom is 0.332 e. The zero-order valence-corrected chi connectivity index (χ0v) is 17.6. The number of nitrogen functional groups attached to an aromatic ring is 1. The molecule has 0 unspecified atom stereocenters. The van der Waals surface area contributed by atoms with Crippen molar-refractivity contribution in [3.63, 3.8) is 0 Å². The molecule has 1 heterocycles. The monoisotopic (exact) mass is 415 g/mol. The third-order valence-corrected chi connectivity index (χ3v) is 4.98. The van der Waals surface area contributed by atoms with E-state index in [1.54, 1.807) is 18.2 Å². The number of carbonyl (C=O) groups is 2. The van der Waals surface area contributed by atoms with Gasteiger partial charge in [-0.05, 0) is 58.6 Å². The molecular weight excluding hydrogens is 386 g/mol. The summed E-state index contributed by atoms with van der Waals surface area (Å²) in [5.74, 6) is -0.410. The molecule has 0 spiro atoms. The average Bonchev–Trinajstić information content (AvgIpc) is 3.09. The summed E-state index contributed by atoms with van der Waals surface area (Å²) in [5, 5.41) is 11.9. The highest BCUT2D eigenvalue weighted by Gasteiger charge is 2.26. The molecule has 0 radical (unpaired) electrons. The number of ether oxygens (including phenoxy) is 2. The normalized spacial score (nSPS) is 19.4. The van der Waals surface area contributed by atoms with Gasteiger partial charge in [0.15, 0.2) is 5.76 Å². The lowest BCUT2D eigenvalue weighted by molar-refractivity contribution is -0.162. The van der Waals surface area contributed by atoms with Gasteiger partial charge in [0.2, 0.25) is 0 Å². The second-order valence-electron chi connectivity index (χ2n) is 8.63. The first-order valence-corrected chi connectivity index (χ1v) is 10.1. The molecule has 2 aromatic rings. The summed E-state index contributed by atoms with van der Waals surface area (Å²) >= 11 is 0. The van der Waals surface area contributed by atoms with Crippen LogP contribution in [0.3, 0.4) is 0 Å². The van der Waals surface area contributed by atoms with Crippen molar-refractivity contribution in [1.29, 1.82) is 5.41 Å². The lowest BCUT2D eigenvalue weighted by Gasteiger charge is -2.29. The molecule has 1 aliphatic carbocycles. The summed E-state index contributed by atoms with van der Waals surface area (Å²) < 4.78 is 16.4. The van der Waals surface area contributed by atoms with Gasteiger partial charge in [0.25, 0.3) is 5.91 Å². The van der Waals surface area contributed by atoms with Crippen molar-refractivity contribution in [1.82, 2.24) is 5.32 Å². The average molecular weight is 415 g/mol. The van der Waals surface area contributed by atoms with Crippen LogP contribution >= 0.6 is 0 Å². The first-order valence-electron chi connectivity index (χ1n) is 10.1. The molecular formula is C22H29N3O5. The second-order valence-corrected chi connectivity index (χ2v) is 8.63. The molecule has 0 saturated heterocycles. The van der Waals surface area contributed by atoms with E-state index in [2.05, 4.69) is 5.32 Å². The number of amidine groups is 1. The van der Waals surface area contributed by atoms with Gasteiger partial charge in [-0.15, -0.1) is 0 Å². The van der Waals surface area contributed by atoms with E-state index in [0.717, 1.165) is 31.1 Å². The third kappa shape index (κ3) is 5.60. The second kappa shape index (κ2) is 8.87. The number of hydrogen-bond acceptors (Lipinski definition) is 6. The van der Waals surface area contributed by atoms with Crippen LogP contribution in [0.15, 0.2) is 28.9 Å². The number of nitrogens with two attached hydrogens (primary N) is 1. The minimum Gasteiger partial charge on any atom is -0.458 e. The van der Waals surface area contributed by atoms with Gasteiger partial charge in [0.05, 0.1) is 12.4 Å². The van der Waals surface area contributed by atoms with Gasteiger partial charge < -0.3 is 24.9 Å². The summed E-state index contributed by atoms with van der Waals surface area (Å²) in [6.07, 6.45) is 4.52. The van der Waals surface area contributed by atoms with E-state index >= 15 is 0 Å². The van der Waals surface area contributed by atoms with Gasteiger partial charge in [-0.1, -0.05) is 6.07 Å². The van der Waals surface area contributed by atoms with Crippen molar-refractivity contribution in [2.75, 3.05) is 6.61 Å². The number of rotatable bonds is 6. The molecule has 3 rings (SSSR count). The first-order chi connectivity index (χ1) is 14.1. The predicted octanol–water partition coefficient (Wildman–Crippen LogP) is 3.12. The van der Waals surface area contributed by atoms with E-state index in [9.17, 15) is 9.59 Å². The van der Waals surface area contributed by atoms with Crippen LogP contribution in [0.5, 0.6) is 0 Å². The smallest absolute Gasteiger partial charge is 0.332 e. The van der Waals surface area contributed by atoms with Crippen LogP contribution in [0.2, 0.25) is 0 Å². The Labute approximate surface area is 175 Å². The standard InChI is InChI=1S/C22H29N3O5/c1-22(2,3)30-18(26)12-28-16-7-5-15(6-8-16)25-21(27)19-17-9-4-13(20(23)24)10-14(17)11-29-19/h4,9-11,15-16H,5-8,12H2,1-3H3,(H3,23,24)(H,25,27). The SMILES string of the molecule is CC(C)(C)OC(=O)COC1CCC(NC(=O)c2occ3cc(C(=N)N)ccc23)CC1. The molecule has 8 nitrogen and oxygen atoms in total. The first kappa shape index (κ1) is 21.8. The number of nitrogens with one attached hydrogen (secondary N) is 2. The van der Waals surface area contributed by atoms with Gasteiger partial charge in [-0.2, -0.15) is 0 Å². The zero-order valence-electron chi connectivity index (χ0n) is 17.6. The van der Waals surface area contributed by atoms with Crippen molar-refractivity contribution in [3.05, 3.63) is 35.8 Å². The Bertz CT molecular complexity index is 936. The number of fused-ring (bicyclic) bond motifs is 1. The van der Waals surface area contributed by atoms with Crippen LogP contribution in [0, 0.1) is 5.41 Å². The molecule has 0 aliphatic heterocycles. The Kier molecular flexibility index (Phi) is 6.45. The van der Waals surface area contributed by atoms with E-state index in [-0.39, 0.29) is 42.2 Å². The Morgan fingerprint density at radius 2 is 1.93 bits per heavy atom. The molecule has 1 amide bonds. The Morgan fingerprint density at radius 3 is 2.57 bits per heavy atom. The molecule has 0 atom stereocenters. The highest BCUT2D eigenvalue weighted by Crippen LogP contribution is 2.25. The van der Waals surface area contributed by atoms with E-state index < -0.39 is 5.60 Å². The molecule has 1 fully saturated rings. The van der Waals surface area contributed by atoms with Gasteiger partial charge in [0.1, 0.15) is 18.0 Å². The number of furan rings is 1. The highest BCUT2D eigenvalue weighted by molar-refractivity contribution is 6.07. The van der Waals surface area contributed by atoms with Gasteiger partial charge in [-0.3, -0.25) is 10.2 Å². The Hall–Kier alpha value is -2.87. The molecule has 8 heteroatoms. The summed E-state index contributed by atoms with van der Waals surface area (Å²) in [7, 11) is 0. The molecule has 1 aromatic carbocycles. The van der Waals surface area contributed by atoms with Crippen LogP contribution < -0.4 is 11.1 Å². The number of benzene rings is 1. The number of hydrogen-bond donors (Lipinski definition) is 3. The van der Waals surface area contributed by atoms with Crippen molar-refractivity contribution < 1.29 is 23.5 Å². The Balaban J connectivity index is 1.49. The van der Waals surface area contributed by atoms with Crippen LogP contribution in [0.25, 0.3) is 10.8 Å². The lowest BCUT2D eigenvalue weighted by Crippen LogP contribution is -2.39. The minimum absolute atomic E-state index is 0.0138. The third-order valence-electron chi connectivity index (χ3n) is 4.98. The fourth-order valence-electron chi connectivity index (χ4n) is 3.58. The molecule has 1 saturated carbocycles. The lowest BCUT2D eigenvalue weighted by atomic mass is 9.93. The van der Waals surface area contributed by atoms with Crippen molar-refractivity contribution >= 4 is 28.5 Å². The zero-order chi connectivity index (χ0) is 21.9. The summed E-state index contributed by atoms with van der Waals surface area (Å²) in [6, 6.07) is 5.19. The van der Waals surface area contributed by atoms with Crippen LogP contribution in [0.4, 0.5) is 0 Å². The number of amides is 1. The summed E-state index contributed by atoms with van der Waals surface area (Å²) in [6.45, 7) is 5.41. The van der Waals surface area contributed by atoms with Crippen LogP contribution in [-0.4, -0.2) is 42.1 Å². The maximum absolute atomic E-state index is 12.7. The molecule has 1 aromatic heterocycles. The maximum atomic E-state index is 12.7. The van der Waals surface area contributed by atoms with Crippen molar-refractivity contribution in [2.24, 2.45) is 5.73 Å². The quantitative estimate of drug-likeness (QED) is 0.378. The fourth-order valence-corrected chi connectivity index (χ4v) is 3.58. The summed E-state index contributed by atoms with van der Waals surface area (Å²) in [4.78, 5) is 24.4. The largest absolute Gasteiger partial charge is 0.458 e. The number of carbonyl (C=O) groups excluding carboxylic acids is 2. The summed E-state index contributed by atoms with van der Waals surface area (Å²) in [5.41, 5.74) is 5.57. The molecule has 0 bridgehead atoms. The Morgan fingerprint density at radius 1 is 1.23 bits per heavy atom. The molecule has 1 aliphatic rings. The van der Waals surface area contributed by atoms with Crippen LogP contribution in [0.1, 0.15) is 62.6 Å². The van der Waals surface area contributed by atoms with E-state index in [0.29, 0.717) is 10.9 Å². The van der Waals surface area contributed by atoms with Crippen LogP contribution in [-0.2, 0) is 14.3 Å². The van der Waals surface area contributed by atoms with E-state index in [1.807, 2.05) is 20.8 Å². The van der Waals surface area contributed by atoms with Crippen molar-refractivity contribution in [3.8, 4) is 0 Å². The fraction of sp³-hybridized carbons (Fsp3) is 0.500. The molecule has 4 N–H and O–H groups in total. The topological polar surface area (TPSA) is 128 Å². The van der Waals surface area contributed by atoms with Gasteiger partial charge in [0, 0.05) is 22.4 Å². The van der Waals surface area contributed by atoms with E-state index in [4.69, 9.17) is 25.0 Å². The van der Waals surface area contributed by atoms with Gasteiger partial charge in [-0.25, -0.2) is 4.79 Å². The predicted molar refractivity (Wildman–Crippen MR) is 113 cm³/mol.